The molecule has 0 aromatic rings. The van der Waals surface area contributed by atoms with Gasteiger partial charge in [-0.3, -0.25) is 0 Å². The van der Waals surface area contributed by atoms with Crippen LogP contribution in [0.15, 0.2) is 0 Å². The van der Waals surface area contributed by atoms with Gasteiger partial charge in [0.2, 0.25) is 0 Å². The fourth-order valence-corrected chi connectivity index (χ4v) is 2.23. The van der Waals surface area contributed by atoms with Gasteiger partial charge < -0.3 is 20.5 Å². The molecular formula is C16H33N2NaO2. The summed E-state index contributed by atoms with van der Waals surface area (Å²) in [5.74, 6) is -1.04. The molecule has 0 aliphatic heterocycles. The van der Waals surface area contributed by atoms with Gasteiger partial charge >= 0.3 is 29.6 Å². The van der Waals surface area contributed by atoms with E-state index in [0.29, 0.717) is 6.54 Å². The Morgan fingerprint density at radius 3 is 1.76 bits per heavy atom. The van der Waals surface area contributed by atoms with E-state index in [1.165, 1.54) is 64.2 Å². The van der Waals surface area contributed by atoms with Crippen molar-refractivity contribution in [1.82, 2.24) is 10.6 Å². The van der Waals surface area contributed by atoms with Crippen LogP contribution in [0.1, 0.15) is 71.1 Å². The Balaban J connectivity index is 0. The van der Waals surface area contributed by atoms with E-state index < -0.39 is 5.97 Å². The van der Waals surface area contributed by atoms with E-state index in [-0.39, 0.29) is 36.1 Å². The maximum absolute atomic E-state index is 10.1. The molecule has 0 radical (unpaired) electrons. The van der Waals surface area contributed by atoms with Gasteiger partial charge in [-0.25, -0.2) is 0 Å². The second-order valence-electron chi connectivity index (χ2n) is 5.48. The van der Waals surface area contributed by atoms with Gasteiger partial charge in [-0.2, -0.15) is 0 Å². The van der Waals surface area contributed by atoms with Crippen LogP contribution in [0.5, 0.6) is 0 Å². The molecule has 0 heterocycles. The predicted molar refractivity (Wildman–Crippen MR) is 82.6 cm³/mol. The van der Waals surface area contributed by atoms with Crippen molar-refractivity contribution in [3.05, 3.63) is 0 Å². The molecule has 0 aliphatic carbocycles. The molecule has 0 rings (SSSR count). The van der Waals surface area contributed by atoms with Gasteiger partial charge in [0, 0.05) is 19.6 Å². The van der Waals surface area contributed by atoms with Crippen LogP contribution in [-0.4, -0.2) is 32.1 Å². The fourth-order valence-electron chi connectivity index (χ4n) is 2.23. The van der Waals surface area contributed by atoms with Crippen LogP contribution in [0.3, 0.4) is 0 Å². The van der Waals surface area contributed by atoms with E-state index in [0.717, 1.165) is 13.1 Å². The summed E-state index contributed by atoms with van der Waals surface area (Å²) in [5.41, 5.74) is 0. The maximum Gasteiger partial charge on any atom is 1.00 e. The van der Waals surface area contributed by atoms with Crippen LogP contribution in [0.2, 0.25) is 0 Å². The zero-order valence-corrected chi connectivity index (χ0v) is 16.2. The van der Waals surface area contributed by atoms with Gasteiger partial charge in [0.25, 0.3) is 0 Å². The summed E-state index contributed by atoms with van der Waals surface area (Å²) in [6.07, 6.45) is 13.6. The molecule has 0 atom stereocenters. The Morgan fingerprint density at radius 2 is 1.24 bits per heavy atom. The summed E-state index contributed by atoms with van der Waals surface area (Å²) in [5, 5.41) is 16.2. The average Bonchev–Trinajstić information content (AvgIpc) is 2.43. The molecule has 0 amide bonds. The summed E-state index contributed by atoms with van der Waals surface area (Å²) >= 11 is 0. The van der Waals surface area contributed by atoms with Crippen molar-refractivity contribution in [3.63, 3.8) is 0 Å². The molecule has 0 spiro atoms. The number of aliphatic carboxylic acids is 1. The Hall–Kier alpha value is 0.390. The molecule has 120 valence electrons. The molecule has 0 aromatic carbocycles. The first-order valence-electron chi connectivity index (χ1n) is 8.38. The third-order valence-corrected chi connectivity index (χ3v) is 3.45. The summed E-state index contributed by atoms with van der Waals surface area (Å²) in [4.78, 5) is 10.1. The monoisotopic (exact) mass is 308 g/mol. The maximum atomic E-state index is 10.1. The number of carbonyl (C=O) groups is 1. The smallest absolute Gasteiger partial charge is 0.549 e. The standard InChI is InChI=1S/C16H34N2O2.Na/c1-2-3-4-5-6-7-8-9-10-11-12-17-13-14-18-15-16(19)20;/h17-18H,2-15H2,1H3,(H,19,20);/q;+1/p-1. The third kappa shape index (κ3) is 22.8. The van der Waals surface area contributed by atoms with E-state index in [1.807, 2.05) is 0 Å². The first kappa shape index (κ1) is 23.7. The minimum Gasteiger partial charge on any atom is -0.549 e. The summed E-state index contributed by atoms with van der Waals surface area (Å²) in [7, 11) is 0. The molecule has 0 saturated carbocycles. The minimum atomic E-state index is -1.04. The zero-order chi connectivity index (χ0) is 14.9. The van der Waals surface area contributed by atoms with Crippen LogP contribution in [0.4, 0.5) is 0 Å². The Kier molecular flexibility index (Phi) is 23.0. The number of nitrogens with one attached hydrogen (secondary N) is 2. The number of carboxylic acid groups (broad SMARTS) is 1. The third-order valence-electron chi connectivity index (χ3n) is 3.45. The fraction of sp³-hybridized carbons (Fsp3) is 0.938. The quantitative estimate of drug-likeness (QED) is 0.279. The van der Waals surface area contributed by atoms with Crippen molar-refractivity contribution in [1.29, 1.82) is 0 Å². The normalized spacial score (nSPS) is 10.3. The molecule has 0 saturated heterocycles. The summed E-state index contributed by atoms with van der Waals surface area (Å²) < 4.78 is 0. The Morgan fingerprint density at radius 1 is 0.762 bits per heavy atom. The van der Waals surface area contributed by atoms with Crippen molar-refractivity contribution in [2.45, 2.75) is 71.1 Å². The molecule has 21 heavy (non-hydrogen) atoms. The number of carbonyl (C=O) groups excluding carboxylic acids is 1. The first-order chi connectivity index (χ1) is 9.77. The molecule has 0 fully saturated rings. The summed E-state index contributed by atoms with van der Waals surface area (Å²) in [6, 6.07) is 0. The Bertz CT molecular complexity index is 216. The van der Waals surface area contributed by atoms with E-state index in [4.69, 9.17) is 0 Å². The van der Waals surface area contributed by atoms with Crippen molar-refractivity contribution < 1.29 is 39.5 Å². The van der Waals surface area contributed by atoms with Gasteiger partial charge in [-0.1, -0.05) is 64.7 Å². The van der Waals surface area contributed by atoms with Crippen molar-refractivity contribution >= 4 is 5.97 Å². The van der Waals surface area contributed by atoms with Crippen LogP contribution < -0.4 is 45.3 Å². The number of hydrogen-bond donors (Lipinski definition) is 2. The molecule has 0 bridgehead atoms. The van der Waals surface area contributed by atoms with Gasteiger partial charge in [-0.15, -0.1) is 0 Å². The van der Waals surface area contributed by atoms with E-state index in [2.05, 4.69) is 17.6 Å². The Labute approximate surface area is 153 Å². The largest absolute Gasteiger partial charge is 1.00 e. The van der Waals surface area contributed by atoms with E-state index in [9.17, 15) is 9.90 Å². The van der Waals surface area contributed by atoms with Crippen molar-refractivity contribution in [2.24, 2.45) is 0 Å². The molecule has 2 N–H and O–H groups in total. The SMILES string of the molecule is CCCCCCCCCCCCNCCNCC(=O)[O-].[Na+]. The van der Waals surface area contributed by atoms with Crippen LogP contribution in [0.25, 0.3) is 0 Å². The minimum absolute atomic E-state index is 0. The van der Waals surface area contributed by atoms with Crippen LogP contribution in [0, 0.1) is 0 Å². The molecule has 4 nitrogen and oxygen atoms in total. The number of rotatable bonds is 16. The average molecular weight is 308 g/mol. The molecular weight excluding hydrogens is 275 g/mol. The molecule has 5 heteroatoms. The number of unbranched alkanes of at least 4 members (excludes halogenated alkanes) is 9. The van der Waals surface area contributed by atoms with Gasteiger partial charge in [-0.05, 0) is 13.0 Å². The van der Waals surface area contributed by atoms with Crippen LogP contribution in [-0.2, 0) is 4.79 Å². The number of hydrogen-bond acceptors (Lipinski definition) is 4. The van der Waals surface area contributed by atoms with E-state index >= 15 is 0 Å². The zero-order valence-electron chi connectivity index (χ0n) is 14.2. The molecule has 0 unspecified atom stereocenters. The topological polar surface area (TPSA) is 64.2 Å². The van der Waals surface area contributed by atoms with Crippen LogP contribution >= 0.6 is 0 Å². The molecule has 0 aliphatic rings. The van der Waals surface area contributed by atoms with E-state index in [1.54, 1.807) is 0 Å². The van der Waals surface area contributed by atoms with Crippen molar-refractivity contribution in [2.75, 3.05) is 26.2 Å². The first-order valence-corrected chi connectivity index (χ1v) is 8.38. The predicted octanol–water partition coefficient (Wildman–Crippen LogP) is -1.16. The summed E-state index contributed by atoms with van der Waals surface area (Å²) in [6.45, 7) is 4.74. The second kappa shape index (κ2) is 20.4. The van der Waals surface area contributed by atoms with Gasteiger partial charge in [0.15, 0.2) is 0 Å². The van der Waals surface area contributed by atoms with Crippen molar-refractivity contribution in [3.8, 4) is 0 Å². The molecule has 0 aromatic heterocycles. The second-order valence-corrected chi connectivity index (χ2v) is 5.48. The van der Waals surface area contributed by atoms with Gasteiger partial charge in [0.05, 0.1) is 5.97 Å². The number of carboxylic acids is 1. The van der Waals surface area contributed by atoms with Gasteiger partial charge in [0.1, 0.15) is 0 Å².